The van der Waals surface area contributed by atoms with E-state index in [1.807, 2.05) is 0 Å². The Morgan fingerprint density at radius 2 is 0.968 bits per heavy atom. The molecule has 0 aromatic rings. The minimum atomic E-state index is -8.44. The Kier molecular flexibility index (Phi) is 7.67. The molecule has 0 spiro atoms. The molecule has 0 radical (unpaired) electrons. The van der Waals surface area contributed by atoms with E-state index in [2.05, 4.69) is 4.74 Å². The van der Waals surface area contributed by atoms with Gasteiger partial charge in [0.25, 0.3) is 0 Å². The van der Waals surface area contributed by atoms with Crippen LogP contribution in [0.1, 0.15) is 27.2 Å². The molecular formula is C14H13F15O2. The highest BCUT2D eigenvalue weighted by atomic mass is 19.4. The lowest BCUT2D eigenvalue weighted by atomic mass is 9.91. The maximum Gasteiger partial charge on any atom is 0.460 e. The first kappa shape index (κ1) is 29.4. The zero-order chi connectivity index (χ0) is 25.6. The van der Waals surface area contributed by atoms with E-state index in [0.717, 1.165) is 20.8 Å². The third kappa shape index (κ3) is 4.24. The van der Waals surface area contributed by atoms with Crippen molar-refractivity contribution in [2.75, 3.05) is 0 Å². The first-order valence-electron chi connectivity index (χ1n) is 7.83. The van der Waals surface area contributed by atoms with Gasteiger partial charge in [0.1, 0.15) is 6.10 Å². The molecule has 0 saturated heterocycles. The molecule has 0 fully saturated rings. The first-order chi connectivity index (χ1) is 13.3. The zero-order valence-electron chi connectivity index (χ0n) is 15.3. The number of ether oxygens (including phenoxy) is 1. The van der Waals surface area contributed by atoms with Crippen molar-refractivity contribution in [2.24, 2.45) is 5.92 Å². The summed E-state index contributed by atoms with van der Waals surface area (Å²) in [6.07, 6.45) is -9.79. The second-order valence-electron chi connectivity index (χ2n) is 6.54. The van der Waals surface area contributed by atoms with Crippen molar-refractivity contribution in [1.29, 1.82) is 0 Å². The molecule has 186 valence electrons. The summed E-state index contributed by atoms with van der Waals surface area (Å²) in [7, 11) is 0. The molecule has 1 atom stereocenters. The maximum absolute atomic E-state index is 13.6. The topological polar surface area (TPSA) is 26.3 Å². The minimum Gasteiger partial charge on any atom is -0.458 e. The lowest BCUT2D eigenvalue weighted by Crippen LogP contribution is -2.73. The molecule has 0 amide bonds. The molecule has 2 nitrogen and oxygen atoms in total. The number of esters is 1. The summed E-state index contributed by atoms with van der Waals surface area (Å²) >= 11 is 0. The van der Waals surface area contributed by atoms with Gasteiger partial charge in [0, 0.05) is 0 Å². The van der Waals surface area contributed by atoms with E-state index in [0.29, 0.717) is 0 Å². The fourth-order valence-corrected chi connectivity index (χ4v) is 2.00. The van der Waals surface area contributed by atoms with Crippen LogP contribution in [-0.4, -0.2) is 53.8 Å². The number of alkyl halides is 15. The second kappa shape index (κ2) is 8.08. The van der Waals surface area contributed by atoms with E-state index in [1.165, 1.54) is 0 Å². The Morgan fingerprint density at radius 1 is 0.645 bits per heavy atom. The molecule has 0 aromatic heterocycles. The highest BCUT2D eigenvalue weighted by Crippen LogP contribution is 2.62. The summed E-state index contributed by atoms with van der Waals surface area (Å²) in [4.78, 5) is 11.2. The number of hydrogen-bond acceptors (Lipinski definition) is 2. The average Bonchev–Trinajstić information content (AvgIpc) is 2.56. The molecular weight excluding hydrogens is 485 g/mol. The van der Waals surface area contributed by atoms with Crippen molar-refractivity contribution < 1.29 is 75.4 Å². The fourth-order valence-electron chi connectivity index (χ4n) is 2.00. The highest BCUT2D eigenvalue weighted by molar-refractivity contribution is 5.79. The summed E-state index contributed by atoms with van der Waals surface area (Å²) in [5.41, 5.74) is 0. The van der Waals surface area contributed by atoms with E-state index < -0.39 is 66.1 Å². The van der Waals surface area contributed by atoms with Gasteiger partial charge in [-0.05, 0) is 12.3 Å². The van der Waals surface area contributed by atoms with Gasteiger partial charge in [-0.3, -0.25) is 0 Å². The van der Waals surface area contributed by atoms with Crippen LogP contribution >= 0.6 is 0 Å². The van der Waals surface area contributed by atoms with E-state index >= 15 is 0 Å². The Bertz CT molecular complexity index is 651. The van der Waals surface area contributed by atoms with Crippen LogP contribution in [0.4, 0.5) is 65.9 Å². The summed E-state index contributed by atoms with van der Waals surface area (Å²) in [6.45, 7) is 3.39. The summed E-state index contributed by atoms with van der Waals surface area (Å²) in [6, 6.07) is 0. The van der Waals surface area contributed by atoms with Gasteiger partial charge in [0.2, 0.25) is 0 Å². The lowest BCUT2D eigenvalue weighted by molar-refractivity contribution is -0.450. The van der Waals surface area contributed by atoms with Crippen LogP contribution < -0.4 is 0 Å². The molecule has 0 heterocycles. The molecule has 0 aliphatic rings. The average molecular weight is 498 g/mol. The van der Waals surface area contributed by atoms with E-state index in [9.17, 15) is 70.7 Å². The Morgan fingerprint density at radius 3 is 1.26 bits per heavy atom. The molecule has 0 aromatic carbocycles. The second-order valence-corrected chi connectivity index (χ2v) is 6.54. The summed E-state index contributed by atoms with van der Waals surface area (Å²) < 4.78 is 199. The van der Waals surface area contributed by atoms with Gasteiger partial charge in [0.15, 0.2) is 0 Å². The molecule has 0 N–H and O–H groups in total. The van der Waals surface area contributed by atoms with Crippen molar-refractivity contribution in [2.45, 2.75) is 75.0 Å². The molecule has 0 aliphatic heterocycles. The van der Waals surface area contributed by atoms with Crippen LogP contribution in [-0.2, 0) is 9.53 Å². The number of rotatable bonds is 9. The maximum atomic E-state index is 13.6. The van der Waals surface area contributed by atoms with Gasteiger partial charge >= 0.3 is 47.7 Å². The Labute approximate surface area is 163 Å². The van der Waals surface area contributed by atoms with Crippen LogP contribution in [0.3, 0.4) is 0 Å². The predicted octanol–water partition coefficient (Wildman–Crippen LogP) is 6.34. The summed E-state index contributed by atoms with van der Waals surface area (Å²) in [5.74, 6) is -52.7. The first-order valence-corrected chi connectivity index (χ1v) is 7.83. The minimum absolute atomic E-state index is 0.409. The SMILES string of the molecule is CCC(OC(=O)C(F)(F)C(F)(F)C(F)(F)C(F)(F)C(F)(F)C(F)(F)C(F)(F)F)C(C)C. The summed E-state index contributed by atoms with van der Waals surface area (Å²) in [5, 5.41) is 0. The van der Waals surface area contributed by atoms with Gasteiger partial charge in [-0.1, -0.05) is 20.8 Å². The largest absolute Gasteiger partial charge is 0.460 e. The third-order valence-corrected chi connectivity index (χ3v) is 3.99. The lowest BCUT2D eigenvalue weighted by Gasteiger charge is -2.41. The quantitative estimate of drug-likeness (QED) is 0.274. The van der Waals surface area contributed by atoms with E-state index in [1.54, 1.807) is 0 Å². The van der Waals surface area contributed by atoms with Gasteiger partial charge in [-0.25, -0.2) is 4.79 Å². The van der Waals surface area contributed by atoms with Gasteiger partial charge in [0.05, 0.1) is 0 Å². The normalized spacial score (nSPS) is 16.5. The molecule has 31 heavy (non-hydrogen) atoms. The van der Waals surface area contributed by atoms with Gasteiger partial charge < -0.3 is 4.74 Å². The molecule has 0 aliphatic carbocycles. The molecule has 0 saturated carbocycles. The molecule has 17 heteroatoms. The smallest absolute Gasteiger partial charge is 0.458 e. The van der Waals surface area contributed by atoms with Crippen molar-refractivity contribution in [3.8, 4) is 0 Å². The monoisotopic (exact) mass is 498 g/mol. The third-order valence-electron chi connectivity index (χ3n) is 3.99. The highest BCUT2D eigenvalue weighted by Gasteiger charge is 2.94. The molecule has 0 rings (SSSR count). The van der Waals surface area contributed by atoms with Gasteiger partial charge in [-0.2, -0.15) is 65.9 Å². The predicted molar refractivity (Wildman–Crippen MR) is 70.7 cm³/mol. The van der Waals surface area contributed by atoms with Crippen LogP contribution in [0.15, 0.2) is 0 Å². The molecule has 0 bridgehead atoms. The molecule has 1 unspecified atom stereocenters. The van der Waals surface area contributed by atoms with Crippen LogP contribution in [0.2, 0.25) is 0 Å². The van der Waals surface area contributed by atoms with Gasteiger partial charge in [-0.15, -0.1) is 0 Å². The van der Waals surface area contributed by atoms with Crippen molar-refractivity contribution in [3.05, 3.63) is 0 Å². The van der Waals surface area contributed by atoms with Crippen molar-refractivity contribution in [3.63, 3.8) is 0 Å². The number of hydrogen-bond donors (Lipinski definition) is 0. The number of carbonyl (C=O) groups excluding carboxylic acids is 1. The zero-order valence-corrected chi connectivity index (χ0v) is 15.3. The van der Waals surface area contributed by atoms with Crippen molar-refractivity contribution in [1.82, 2.24) is 0 Å². The number of halogens is 15. The Hall–Kier alpha value is -1.58. The van der Waals surface area contributed by atoms with E-state index in [-0.39, 0.29) is 0 Å². The fraction of sp³-hybridized carbons (Fsp3) is 0.929. The number of carbonyl (C=O) groups is 1. The van der Waals surface area contributed by atoms with E-state index in [4.69, 9.17) is 0 Å². The Balaban J connectivity index is 6.47. The van der Waals surface area contributed by atoms with Crippen LogP contribution in [0.5, 0.6) is 0 Å². The standard InChI is InChI=1S/C14H13F15O2/c1-4-6(5(2)3)31-7(30)8(15,16)9(17,18)10(19,20)11(21,22)12(23,24)13(25,26)14(27,28)29/h5-6H,4H2,1-3H3. The van der Waals surface area contributed by atoms with Crippen LogP contribution in [0.25, 0.3) is 0 Å². The van der Waals surface area contributed by atoms with Crippen LogP contribution in [0, 0.1) is 5.92 Å². The van der Waals surface area contributed by atoms with Crippen molar-refractivity contribution >= 4 is 5.97 Å².